The summed E-state index contributed by atoms with van der Waals surface area (Å²) in [6, 6.07) is 0. The summed E-state index contributed by atoms with van der Waals surface area (Å²) in [6.07, 6.45) is 4.62. The third kappa shape index (κ3) is 0.640. The molecule has 0 N–H and O–H groups in total. The molecule has 0 aromatic rings. The Labute approximate surface area is 105 Å². The smallest absolute Gasteiger partial charge is 0.0312 e. The molecule has 6 aliphatic rings. The van der Waals surface area contributed by atoms with Gasteiger partial charge in [-0.05, 0) is 77.4 Å². The van der Waals surface area contributed by atoms with E-state index in [4.69, 9.17) is 0 Å². The van der Waals surface area contributed by atoms with E-state index in [1.807, 2.05) is 0 Å². The summed E-state index contributed by atoms with van der Waals surface area (Å²) in [5.41, 5.74) is 0. The molecule has 0 heterocycles. The molecule has 6 aliphatic carbocycles. The van der Waals surface area contributed by atoms with Gasteiger partial charge in [-0.3, -0.25) is 0 Å². The van der Waals surface area contributed by atoms with Crippen molar-refractivity contribution >= 4 is 0 Å². The summed E-state index contributed by atoms with van der Waals surface area (Å²) >= 11 is 0. The van der Waals surface area contributed by atoms with Crippen molar-refractivity contribution in [1.29, 1.82) is 0 Å². The first kappa shape index (κ1) is 8.99. The van der Waals surface area contributed by atoms with E-state index in [1.54, 1.807) is 6.42 Å². The highest BCUT2D eigenvalue weighted by Gasteiger charge is 2.87. The van der Waals surface area contributed by atoms with Crippen LogP contribution in [-0.4, -0.2) is 0 Å². The topological polar surface area (TPSA) is 0 Å². The van der Waals surface area contributed by atoms with Crippen LogP contribution in [0.5, 0.6) is 0 Å². The van der Waals surface area contributed by atoms with Crippen LogP contribution in [0.4, 0.5) is 0 Å². The van der Waals surface area contributed by atoms with E-state index < -0.39 is 0 Å². The minimum absolute atomic E-state index is 1.17. The Morgan fingerprint density at radius 3 is 1.88 bits per heavy atom. The maximum absolute atomic E-state index is 2.44. The molecule has 0 aliphatic heterocycles. The highest BCUT2D eigenvalue weighted by atomic mass is 14.9. The summed E-state index contributed by atoms with van der Waals surface area (Å²) in [4.78, 5) is 0. The zero-order chi connectivity index (χ0) is 11.0. The summed E-state index contributed by atoms with van der Waals surface area (Å²) in [7, 11) is 0. The molecule has 17 heavy (non-hydrogen) atoms. The van der Waals surface area contributed by atoms with Gasteiger partial charge in [0, 0.05) is 0 Å². The lowest BCUT2D eigenvalue weighted by molar-refractivity contribution is -0.378. The average molecular weight is 228 g/mol. The Hall–Kier alpha value is 0. The molecule has 12 atom stereocenters. The van der Waals surface area contributed by atoms with E-state index in [0.29, 0.717) is 0 Å². The highest BCUT2D eigenvalue weighted by molar-refractivity contribution is 5.34. The van der Waals surface area contributed by atoms with Crippen molar-refractivity contribution in [3.05, 3.63) is 0 Å². The van der Waals surface area contributed by atoms with Gasteiger partial charge in [0.15, 0.2) is 0 Å². The van der Waals surface area contributed by atoms with Crippen molar-refractivity contribution in [2.45, 2.75) is 33.1 Å². The second-order valence-electron chi connectivity index (χ2n) is 8.34. The molecule has 0 saturated heterocycles. The number of fused-ring (bicyclic) bond motifs is 13. The number of hydrogen-bond donors (Lipinski definition) is 0. The standard InChI is InChI=1S/C17H24/c1-3-6-5-8-9(6)13-12(8)16-14-10-7(4-2)11(10)15(14)17(13)16/h6-17H,3-5H2,1-2H3. The molecular formula is C17H24. The van der Waals surface area contributed by atoms with Crippen LogP contribution in [0.15, 0.2) is 0 Å². The molecule has 0 aromatic carbocycles. The third-order valence-corrected chi connectivity index (χ3v) is 8.84. The van der Waals surface area contributed by atoms with Crippen molar-refractivity contribution in [3.8, 4) is 0 Å². The van der Waals surface area contributed by atoms with Crippen molar-refractivity contribution < 1.29 is 0 Å². The fraction of sp³-hybridized carbons (Fsp3) is 1.00. The molecule has 0 radical (unpaired) electrons. The molecule has 6 saturated carbocycles. The van der Waals surface area contributed by atoms with Crippen LogP contribution in [0.25, 0.3) is 0 Å². The number of hydrogen-bond acceptors (Lipinski definition) is 0. The van der Waals surface area contributed by atoms with E-state index in [9.17, 15) is 0 Å². The first-order chi connectivity index (χ1) is 8.38. The van der Waals surface area contributed by atoms with Crippen molar-refractivity contribution in [1.82, 2.24) is 0 Å². The minimum atomic E-state index is 1.17. The van der Waals surface area contributed by atoms with Gasteiger partial charge in [-0.1, -0.05) is 26.7 Å². The lowest BCUT2D eigenvalue weighted by Crippen LogP contribution is -2.81. The Morgan fingerprint density at radius 2 is 1.24 bits per heavy atom. The van der Waals surface area contributed by atoms with Gasteiger partial charge in [0.05, 0.1) is 0 Å². The normalized spacial score (nSPS) is 79.4. The molecule has 0 bridgehead atoms. The van der Waals surface area contributed by atoms with E-state index in [2.05, 4.69) is 13.8 Å². The first-order valence-electron chi connectivity index (χ1n) is 8.38. The zero-order valence-corrected chi connectivity index (χ0v) is 11.0. The fourth-order valence-corrected chi connectivity index (χ4v) is 8.42. The molecule has 6 rings (SSSR count). The molecule has 0 nitrogen and oxygen atoms in total. The van der Waals surface area contributed by atoms with Crippen LogP contribution >= 0.6 is 0 Å². The summed E-state index contributed by atoms with van der Waals surface area (Å²) in [6.45, 7) is 4.87. The molecule has 0 amide bonds. The van der Waals surface area contributed by atoms with Gasteiger partial charge >= 0.3 is 0 Å². The van der Waals surface area contributed by atoms with Gasteiger partial charge in [0.1, 0.15) is 0 Å². The molecule has 6 fully saturated rings. The Kier molecular flexibility index (Phi) is 1.25. The van der Waals surface area contributed by atoms with Gasteiger partial charge in [-0.2, -0.15) is 0 Å². The Balaban J connectivity index is 1.28. The zero-order valence-electron chi connectivity index (χ0n) is 11.0. The molecule has 12 unspecified atom stereocenters. The van der Waals surface area contributed by atoms with E-state index >= 15 is 0 Å². The van der Waals surface area contributed by atoms with Crippen LogP contribution in [-0.2, 0) is 0 Å². The summed E-state index contributed by atoms with van der Waals surface area (Å²) in [5.74, 6) is 15.0. The molecule has 92 valence electrons. The van der Waals surface area contributed by atoms with Gasteiger partial charge in [0.2, 0.25) is 0 Å². The first-order valence-corrected chi connectivity index (χ1v) is 8.38. The largest absolute Gasteiger partial charge is 0.0651 e. The van der Waals surface area contributed by atoms with Gasteiger partial charge in [-0.25, -0.2) is 0 Å². The van der Waals surface area contributed by atoms with Crippen LogP contribution in [0.3, 0.4) is 0 Å². The fourth-order valence-electron chi connectivity index (χ4n) is 8.42. The molecule has 0 heteroatoms. The van der Waals surface area contributed by atoms with Gasteiger partial charge in [-0.15, -0.1) is 0 Å². The van der Waals surface area contributed by atoms with E-state index in [-0.39, 0.29) is 0 Å². The predicted molar refractivity (Wildman–Crippen MR) is 67.1 cm³/mol. The minimum Gasteiger partial charge on any atom is -0.0651 e. The van der Waals surface area contributed by atoms with Crippen molar-refractivity contribution in [2.24, 2.45) is 71.0 Å². The van der Waals surface area contributed by atoms with Gasteiger partial charge in [0.25, 0.3) is 0 Å². The summed E-state index contributed by atoms with van der Waals surface area (Å²) < 4.78 is 0. The maximum atomic E-state index is 2.44. The monoisotopic (exact) mass is 228 g/mol. The number of rotatable bonds is 2. The Morgan fingerprint density at radius 1 is 0.647 bits per heavy atom. The van der Waals surface area contributed by atoms with Crippen molar-refractivity contribution in [2.75, 3.05) is 0 Å². The Bertz CT molecular complexity index is 410. The average Bonchev–Trinajstić information content (AvgIpc) is 2.92. The van der Waals surface area contributed by atoms with Crippen LogP contribution in [0.2, 0.25) is 0 Å². The van der Waals surface area contributed by atoms with Crippen LogP contribution in [0.1, 0.15) is 33.1 Å². The maximum Gasteiger partial charge on any atom is -0.0312 e. The molecule has 0 spiro atoms. The van der Waals surface area contributed by atoms with Gasteiger partial charge < -0.3 is 0 Å². The lowest BCUT2D eigenvalue weighted by atomic mass is 9.20. The SMILES string of the molecule is CCC1CC2C1C1C2C2C3C4C(CC)C4C3C12. The predicted octanol–water partition coefficient (Wildman–Crippen LogP) is 3.67. The lowest BCUT2D eigenvalue weighted by Gasteiger charge is -2.85. The second kappa shape index (κ2) is 2.37. The molecule has 0 aromatic heterocycles. The second-order valence-corrected chi connectivity index (χ2v) is 8.34. The molecular weight excluding hydrogens is 204 g/mol. The van der Waals surface area contributed by atoms with Crippen LogP contribution in [0, 0.1) is 71.0 Å². The third-order valence-electron chi connectivity index (χ3n) is 8.84. The van der Waals surface area contributed by atoms with Crippen LogP contribution < -0.4 is 0 Å². The van der Waals surface area contributed by atoms with Crippen molar-refractivity contribution in [3.63, 3.8) is 0 Å². The summed E-state index contributed by atoms with van der Waals surface area (Å²) in [5, 5.41) is 0. The quantitative estimate of drug-likeness (QED) is 0.633. The highest BCUT2D eigenvalue weighted by Crippen LogP contribution is 2.91. The van der Waals surface area contributed by atoms with E-state index in [0.717, 1.165) is 0 Å². The van der Waals surface area contributed by atoms with E-state index in [1.165, 1.54) is 83.9 Å².